The highest BCUT2D eigenvalue weighted by molar-refractivity contribution is 5.71. The average molecular weight is 857 g/mol. The molecule has 0 heterocycles. The lowest BCUT2D eigenvalue weighted by Gasteiger charge is -2.18. The summed E-state index contributed by atoms with van der Waals surface area (Å²) in [4.78, 5) is 37.7. The van der Waals surface area contributed by atoms with Gasteiger partial charge in [0, 0.05) is 19.3 Å². The van der Waals surface area contributed by atoms with Gasteiger partial charge in [0.05, 0.1) is 0 Å². The van der Waals surface area contributed by atoms with Crippen LogP contribution in [-0.2, 0) is 28.6 Å². The summed E-state index contributed by atoms with van der Waals surface area (Å²) in [7, 11) is 0. The number of rotatable bonds is 42. The van der Waals surface area contributed by atoms with E-state index in [2.05, 4.69) is 142 Å². The molecule has 62 heavy (non-hydrogen) atoms. The number of hydrogen-bond acceptors (Lipinski definition) is 6. The molecule has 0 bridgehead atoms. The molecular formula is C56H88O6. The first kappa shape index (κ1) is 57.8. The molecule has 0 rings (SSSR count). The van der Waals surface area contributed by atoms with Crippen LogP contribution in [0.5, 0.6) is 0 Å². The lowest BCUT2D eigenvalue weighted by atomic mass is 10.1. The maximum absolute atomic E-state index is 12.7. The third kappa shape index (κ3) is 46.9. The van der Waals surface area contributed by atoms with Crippen LogP contribution in [0.2, 0.25) is 0 Å². The molecule has 348 valence electrons. The number of carbonyl (C=O) groups excluding carboxylic acids is 3. The van der Waals surface area contributed by atoms with E-state index in [0.29, 0.717) is 19.3 Å². The van der Waals surface area contributed by atoms with Crippen molar-refractivity contribution in [3.8, 4) is 0 Å². The van der Waals surface area contributed by atoms with Crippen molar-refractivity contribution >= 4 is 17.9 Å². The summed E-state index contributed by atoms with van der Waals surface area (Å²) in [6, 6.07) is 0. The molecular weight excluding hydrogens is 769 g/mol. The second kappa shape index (κ2) is 49.5. The number of esters is 3. The van der Waals surface area contributed by atoms with Gasteiger partial charge in [-0.1, -0.05) is 187 Å². The second-order valence-corrected chi connectivity index (χ2v) is 15.6. The molecule has 0 saturated carbocycles. The van der Waals surface area contributed by atoms with Crippen molar-refractivity contribution in [2.24, 2.45) is 0 Å². The molecule has 0 saturated heterocycles. The lowest BCUT2D eigenvalue weighted by Crippen LogP contribution is -2.30. The first-order chi connectivity index (χ1) is 30.5. The molecule has 0 aromatic heterocycles. The average Bonchev–Trinajstić information content (AvgIpc) is 3.27. The molecule has 0 aromatic rings. The minimum atomic E-state index is -0.809. The van der Waals surface area contributed by atoms with Gasteiger partial charge in [-0.2, -0.15) is 0 Å². The maximum atomic E-state index is 12.7. The van der Waals surface area contributed by atoms with Crippen molar-refractivity contribution in [2.75, 3.05) is 13.2 Å². The van der Waals surface area contributed by atoms with Gasteiger partial charge in [0.2, 0.25) is 0 Å². The Hall–Kier alpha value is -4.19. The van der Waals surface area contributed by atoms with E-state index in [4.69, 9.17) is 14.2 Å². The van der Waals surface area contributed by atoms with Gasteiger partial charge in [-0.25, -0.2) is 0 Å². The highest BCUT2D eigenvalue weighted by atomic mass is 16.6. The Kier molecular flexibility index (Phi) is 46.1. The zero-order chi connectivity index (χ0) is 45.1. The Labute approximate surface area is 380 Å². The molecule has 0 aliphatic rings. The SMILES string of the molecule is CC/C=C\C/C=C\C/C=C\C/C=C\C/C=C\CCCCCC(=O)OCC(COC(=O)CCCCCCCC)OC(=O)CCCCC/C=C\C/C=C\C/C=C\C/C=C\C/C=C\CC. The van der Waals surface area contributed by atoms with Crippen molar-refractivity contribution in [1.29, 1.82) is 0 Å². The number of ether oxygens (including phenoxy) is 3. The van der Waals surface area contributed by atoms with E-state index in [1.54, 1.807) is 0 Å². The molecule has 0 aromatic carbocycles. The summed E-state index contributed by atoms with van der Waals surface area (Å²) in [5, 5.41) is 0. The van der Waals surface area contributed by atoms with Crippen molar-refractivity contribution in [3.63, 3.8) is 0 Å². The van der Waals surface area contributed by atoms with Gasteiger partial charge >= 0.3 is 17.9 Å². The van der Waals surface area contributed by atoms with Gasteiger partial charge in [-0.15, -0.1) is 0 Å². The molecule has 0 N–H and O–H groups in total. The van der Waals surface area contributed by atoms with Crippen molar-refractivity contribution < 1.29 is 28.6 Å². The molecule has 1 unspecified atom stereocenters. The van der Waals surface area contributed by atoms with Crippen LogP contribution in [0, 0.1) is 0 Å². The van der Waals surface area contributed by atoms with Gasteiger partial charge in [0.15, 0.2) is 6.10 Å². The van der Waals surface area contributed by atoms with E-state index in [9.17, 15) is 14.4 Å². The quantitative estimate of drug-likeness (QED) is 0.0263. The Morgan fingerprint density at radius 3 is 0.984 bits per heavy atom. The fourth-order valence-corrected chi connectivity index (χ4v) is 6.08. The van der Waals surface area contributed by atoms with E-state index in [-0.39, 0.29) is 37.5 Å². The predicted octanol–water partition coefficient (Wildman–Crippen LogP) is 16.1. The number of carbonyl (C=O) groups is 3. The standard InChI is InChI=1S/C56H88O6/c1-4-7-10-13-16-18-20-22-24-26-28-30-32-34-36-38-40-43-46-49-55(58)61-52-53(51-60-54(57)48-45-42-15-12-9-6-3)62-56(59)50-47-44-41-39-37-35-33-31-29-27-25-23-21-19-17-14-11-8-5-2/h7-8,10-11,16-19,22-25,28-31,34-37,53H,4-6,9,12-15,20-21,26-27,32-33,38-52H2,1-3H3/b10-7-,11-8-,18-16-,19-17-,24-22-,25-23-,30-28-,31-29-,36-34-,37-35-. The summed E-state index contributed by atoms with van der Waals surface area (Å²) in [6.45, 7) is 6.26. The molecule has 1 atom stereocenters. The predicted molar refractivity (Wildman–Crippen MR) is 265 cm³/mol. The van der Waals surface area contributed by atoms with Gasteiger partial charge in [-0.3, -0.25) is 14.4 Å². The third-order valence-corrected chi connectivity index (χ3v) is 9.71. The van der Waals surface area contributed by atoms with E-state index < -0.39 is 6.10 Å². The summed E-state index contributed by atoms with van der Waals surface area (Å²) in [6.07, 6.45) is 67.7. The van der Waals surface area contributed by atoms with Crippen LogP contribution in [0.4, 0.5) is 0 Å². The van der Waals surface area contributed by atoms with Crippen molar-refractivity contribution in [3.05, 3.63) is 122 Å². The smallest absolute Gasteiger partial charge is 0.306 e. The van der Waals surface area contributed by atoms with E-state index in [1.165, 1.54) is 19.3 Å². The van der Waals surface area contributed by atoms with Crippen molar-refractivity contribution in [1.82, 2.24) is 0 Å². The van der Waals surface area contributed by atoms with Gasteiger partial charge in [0.1, 0.15) is 13.2 Å². The summed E-state index contributed by atoms with van der Waals surface area (Å²) in [5.74, 6) is -0.993. The molecule has 6 heteroatoms. The number of unbranched alkanes of at least 4 members (excludes halogenated alkanes) is 11. The fraction of sp³-hybridized carbons (Fsp3) is 0.589. The van der Waals surface area contributed by atoms with Crippen LogP contribution in [0.3, 0.4) is 0 Å². The summed E-state index contributed by atoms with van der Waals surface area (Å²) >= 11 is 0. The van der Waals surface area contributed by atoms with E-state index >= 15 is 0 Å². The largest absolute Gasteiger partial charge is 0.462 e. The first-order valence-corrected chi connectivity index (χ1v) is 24.5. The third-order valence-electron chi connectivity index (χ3n) is 9.71. The van der Waals surface area contributed by atoms with Crippen LogP contribution in [-0.4, -0.2) is 37.2 Å². The highest BCUT2D eigenvalue weighted by Crippen LogP contribution is 2.11. The van der Waals surface area contributed by atoms with Gasteiger partial charge in [0.25, 0.3) is 0 Å². The molecule has 0 fully saturated rings. The van der Waals surface area contributed by atoms with Gasteiger partial charge in [-0.05, 0) is 109 Å². The Bertz CT molecular complexity index is 1350. The number of hydrogen-bond donors (Lipinski definition) is 0. The van der Waals surface area contributed by atoms with Crippen LogP contribution in [0.25, 0.3) is 0 Å². The van der Waals surface area contributed by atoms with Crippen LogP contribution >= 0.6 is 0 Å². The first-order valence-electron chi connectivity index (χ1n) is 24.5. The Balaban J connectivity index is 4.40. The lowest BCUT2D eigenvalue weighted by molar-refractivity contribution is -0.167. The molecule has 0 amide bonds. The van der Waals surface area contributed by atoms with E-state index in [1.807, 2.05) is 0 Å². The highest BCUT2D eigenvalue weighted by Gasteiger charge is 2.19. The van der Waals surface area contributed by atoms with Crippen LogP contribution < -0.4 is 0 Å². The topological polar surface area (TPSA) is 78.9 Å². The minimum absolute atomic E-state index is 0.106. The Morgan fingerprint density at radius 1 is 0.339 bits per heavy atom. The van der Waals surface area contributed by atoms with E-state index in [0.717, 1.165) is 128 Å². The van der Waals surface area contributed by atoms with Crippen molar-refractivity contribution in [2.45, 2.75) is 200 Å². The molecule has 0 aliphatic carbocycles. The Morgan fingerprint density at radius 2 is 0.629 bits per heavy atom. The minimum Gasteiger partial charge on any atom is -0.462 e. The molecule has 0 radical (unpaired) electrons. The number of allylic oxidation sites excluding steroid dienone is 20. The summed E-state index contributed by atoms with van der Waals surface area (Å²) in [5.41, 5.74) is 0. The maximum Gasteiger partial charge on any atom is 0.306 e. The fourth-order valence-electron chi connectivity index (χ4n) is 6.08. The normalized spacial score (nSPS) is 13.1. The molecule has 0 spiro atoms. The monoisotopic (exact) mass is 857 g/mol. The second-order valence-electron chi connectivity index (χ2n) is 15.6. The molecule has 0 aliphatic heterocycles. The van der Waals surface area contributed by atoms with Crippen LogP contribution in [0.1, 0.15) is 194 Å². The zero-order valence-electron chi connectivity index (χ0n) is 39.6. The van der Waals surface area contributed by atoms with Gasteiger partial charge < -0.3 is 14.2 Å². The summed E-state index contributed by atoms with van der Waals surface area (Å²) < 4.78 is 16.6. The molecule has 6 nitrogen and oxygen atoms in total. The van der Waals surface area contributed by atoms with Crippen LogP contribution in [0.15, 0.2) is 122 Å². The zero-order valence-corrected chi connectivity index (χ0v) is 39.6.